The Hall–Kier alpha value is -1.22. The first kappa shape index (κ1) is 20.8. The van der Waals surface area contributed by atoms with Gasteiger partial charge < -0.3 is 30.3 Å². The molecule has 4 atom stereocenters. The molecule has 0 radical (unpaired) electrons. The number of aliphatic hydroxyl groups is 2. The number of rotatable bonds is 10. The summed E-state index contributed by atoms with van der Waals surface area (Å²) < 4.78 is 10.8. The zero-order chi connectivity index (χ0) is 17.3. The summed E-state index contributed by atoms with van der Waals surface area (Å²) in [6.45, 7) is 8.14. The Morgan fingerprint density at radius 2 is 1.36 bits per heavy atom. The molecule has 0 spiro atoms. The van der Waals surface area contributed by atoms with E-state index in [9.17, 15) is 19.8 Å². The average Bonchev–Trinajstić information content (AvgIpc) is 2.40. The molecule has 22 heavy (non-hydrogen) atoms. The molecular formula is C14H28N2O6. The minimum absolute atomic E-state index is 0.312. The smallest absolute Gasteiger partial charge is 0.217 e. The predicted molar refractivity (Wildman–Crippen MR) is 79.9 cm³/mol. The minimum Gasteiger partial charge on any atom is -0.391 e. The van der Waals surface area contributed by atoms with Crippen LogP contribution in [0.1, 0.15) is 34.6 Å². The molecule has 0 heterocycles. The number of carbonyl (C=O) groups excluding carboxylic acids is 2. The van der Waals surface area contributed by atoms with Crippen LogP contribution in [0.3, 0.4) is 0 Å². The van der Waals surface area contributed by atoms with Crippen LogP contribution in [0.25, 0.3) is 0 Å². The molecule has 0 rings (SSSR count). The number of amides is 2. The minimum atomic E-state index is -1.30. The number of hydrogen-bond acceptors (Lipinski definition) is 6. The van der Waals surface area contributed by atoms with E-state index in [-0.39, 0.29) is 5.91 Å². The molecule has 2 amide bonds. The van der Waals surface area contributed by atoms with Crippen molar-refractivity contribution >= 4 is 11.8 Å². The molecule has 0 aromatic carbocycles. The Kier molecular flexibility index (Phi) is 9.91. The molecule has 0 bridgehead atoms. The number of nitrogens with one attached hydrogen (secondary N) is 2. The summed E-state index contributed by atoms with van der Waals surface area (Å²) in [5, 5.41) is 25.3. The van der Waals surface area contributed by atoms with Crippen LogP contribution < -0.4 is 10.6 Å². The number of ether oxygens (including phenoxy) is 2. The highest BCUT2D eigenvalue weighted by Gasteiger charge is 2.37. The predicted octanol–water partition coefficient (Wildman–Crippen LogP) is -0.863. The molecule has 0 aliphatic rings. The van der Waals surface area contributed by atoms with E-state index in [1.54, 1.807) is 13.8 Å². The lowest BCUT2D eigenvalue weighted by Crippen LogP contribution is -2.62. The van der Waals surface area contributed by atoms with Crippen LogP contribution in [0.5, 0.6) is 0 Å². The molecule has 130 valence electrons. The van der Waals surface area contributed by atoms with E-state index in [0.29, 0.717) is 13.2 Å². The van der Waals surface area contributed by atoms with Gasteiger partial charge in [-0.25, -0.2) is 0 Å². The van der Waals surface area contributed by atoms with Gasteiger partial charge in [0.05, 0.1) is 12.1 Å². The molecule has 0 saturated heterocycles. The van der Waals surface area contributed by atoms with Crippen LogP contribution in [-0.4, -0.2) is 65.8 Å². The molecule has 4 N–H and O–H groups in total. The molecule has 0 unspecified atom stereocenters. The van der Waals surface area contributed by atoms with Crippen molar-refractivity contribution in [2.45, 2.75) is 65.2 Å². The van der Waals surface area contributed by atoms with Crippen molar-refractivity contribution in [1.29, 1.82) is 0 Å². The summed E-state index contributed by atoms with van der Waals surface area (Å²) in [6.07, 6.45) is -3.22. The largest absolute Gasteiger partial charge is 0.391 e. The van der Waals surface area contributed by atoms with E-state index >= 15 is 0 Å². The van der Waals surface area contributed by atoms with Gasteiger partial charge in [-0.1, -0.05) is 0 Å². The lowest BCUT2D eigenvalue weighted by molar-refractivity contribution is -0.178. The van der Waals surface area contributed by atoms with Crippen molar-refractivity contribution < 1.29 is 29.3 Å². The summed E-state index contributed by atoms with van der Waals surface area (Å²) in [5.74, 6) is -0.795. The van der Waals surface area contributed by atoms with Crippen LogP contribution in [-0.2, 0) is 19.1 Å². The fraction of sp³-hybridized carbons (Fsp3) is 0.857. The Morgan fingerprint density at radius 3 is 1.68 bits per heavy atom. The van der Waals surface area contributed by atoms with Crippen LogP contribution in [0.4, 0.5) is 0 Å². The van der Waals surface area contributed by atoms with E-state index < -0.39 is 36.5 Å². The molecule has 8 nitrogen and oxygen atoms in total. The topological polar surface area (TPSA) is 117 Å². The van der Waals surface area contributed by atoms with Gasteiger partial charge in [0, 0.05) is 27.1 Å². The molecular weight excluding hydrogens is 292 g/mol. The Bertz CT molecular complexity index is 344. The maximum Gasteiger partial charge on any atom is 0.217 e. The van der Waals surface area contributed by atoms with Gasteiger partial charge in [-0.05, 0) is 20.8 Å². The van der Waals surface area contributed by atoms with Gasteiger partial charge in [0.2, 0.25) is 11.8 Å². The molecule has 0 aliphatic carbocycles. The second-order valence-corrected chi connectivity index (χ2v) is 4.96. The summed E-state index contributed by atoms with van der Waals surface area (Å²) in [6, 6.07) is -1.92. The number of hydrogen-bond donors (Lipinski definition) is 4. The Morgan fingerprint density at radius 1 is 0.955 bits per heavy atom. The quantitative estimate of drug-likeness (QED) is 0.389. The van der Waals surface area contributed by atoms with Crippen molar-refractivity contribution in [3.8, 4) is 0 Å². The highest BCUT2D eigenvalue weighted by molar-refractivity contribution is 5.74. The standard InChI is InChI=1S/C14H28N2O6/c1-6-21-14(22-7-2)12(16-10(5)19)13(20)11(8(3)17)15-9(4)18/h8,11-14,17,20H,6-7H2,1-5H3,(H,15,18)(H,16,19)/t8-,11+,12-,13+/m1/s1. The summed E-state index contributed by atoms with van der Waals surface area (Å²) in [4.78, 5) is 22.6. The maximum atomic E-state index is 11.4. The fourth-order valence-electron chi connectivity index (χ4n) is 2.08. The normalized spacial score (nSPS) is 16.7. The first-order chi connectivity index (χ1) is 10.2. The highest BCUT2D eigenvalue weighted by Crippen LogP contribution is 2.13. The lowest BCUT2D eigenvalue weighted by atomic mass is 9.98. The van der Waals surface area contributed by atoms with E-state index in [4.69, 9.17) is 9.47 Å². The fourth-order valence-corrected chi connectivity index (χ4v) is 2.08. The van der Waals surface area contributed by atoms with Gasteiger partial charge in [-0.2, -0.15) is 0 Å². The third kappa shape index (κ3) is 7.17. The molecule has 0 aliphatic heterocycles. The highest BCUT2D eigenvalue weighted by atomic mass is 16.7. The Labute approximate surface area is 131 Å². The first-order valence-corrected chi connectivity index (χ1v) is 7.38. The lowest BCUT2D eigenvalue weighted by Gasteiger charge is -2.36. The van der Waals surface area contributed by atoms with Crippen LogP contribution in [0.2, 0.25) is 0 Å². The van der Waals surface area contributed by atoms with E-state index in [2.05, 4.69) is 10.6 Å². The van der Waals surface area contributed by atoms with Crippen LogP contribution >= 0.6 is 0 Å². The van der Waals surface area contributed by atoms with E-state index in [0.717, 1.165) is 0 Å². The van der Waals surface area contributed by atoms with Gasteiger partial charge in [-0.3, -0.25) is 9.59 Å². The van der Waals surface area contributed by atoms with Crippen LogP contribution in [0, 0.1) is 0 Å². The maximum absolute atomic E-state index is 11.4. The van der Waals surface area contributed by atoms with Crippen molar-refractivity contribution in [3.05, 3.63) is 0 Å². The van der Waals surface area contributed by atoms with Gasteiger partial charge in [0.1, 0.15) is 12.1 Å². The van der Waals surface area contributed by atoms with Gasteiger partial charge in [0.25, 0.3) is 0 Å². The van der Waals surface area contributed by atoms with Crippen LogP contribution in [0.15, 0.2) is 0 Å². The van der Waals surface area contributed by atoms with E-state index in [1.165, 1.54) is 20.8 Å². The molecule has 0 fully saturated rings. The van der Waals surface area contributed by atoms with Gasteiger partial charge in [0.15, 0.2) is 6.29 Å². The second-order valence-electron chi connectivity index (χ2n) is 4.96. The second kappa shape index (κ2) is 10.5. The SMILES string of the molecule is CCOC(OCC)[C@H](NC(C)=O)[C@@H](O)[C@@H](NC(C)=O)[C@@H](C)O. The van der Waals surface area contributed by atoms with Crippen molar-refractivity contribution in [2.75, 3.05) is 13.2 Å². The molecule has 0 saturated carbocycles. The van der Waals surface area contributed by atoms with Crippen molar-refractivity contribution in [2.24, 2.45) is 0 Å². The molecule has 0 aromatic heterocycles. The van der Waals surface area contributed by atoms with Crippen molar-refractivity contribution in [3.63, 3.8) is 0 Å². The zero-order valence-corrected chi connectivity index (χ0v) is 13.8. The average molecular weight is 320 g/mol. The number of carbonyl (C=O) groups is 2. The first-order valence-electron chi connectivity index (χ1n) is 7.38. The number of aliphatic hydroxyl groups excluding tert-OH is 2. The van der Waals surface area contributed by atoms with Gasteiger partial charge >= 0.3 is 0 Å². The molecule has 0 aromatic rings. The third-order valence-corrected chi connectivity index (χ3v) is 2.95. The monoisotopic (exact) mass is 320 g/mol. The van der Waals surface area contributed by atoms with Gasteiger partial charge in [-0.15, -0.1) is 0 Å². The summed E-state index contributed by atoms with van der Waals surface area (Å²) in [7, 11) is 0. The zero-order valence-electron chi connectivity index (χ0n) is 13.8. The Balaban J connectivity index is 5.32. The summed E-state index contributed by atoms with van der Waals surface area (Å²) >= 11 is 0. The summed E-state index contributed by atoms with van der Waals surface area (Å²) in [5.41, 5.74) is 0. The van der Waals surface area contributed by atoms with Crippen molar-refractivity contribution in [1.82, 2.24) is 10.6 Å². The van der Waals surface area contributed by atoms with E-state index in [1.807, 2.05) is 0 Å². The third-order valence-electron chi connectivity index (χ3n) is 2.95. The molecule has 8 heteroatoms.